The van der Waals surface area contributed by atoms with E-state index in [4.69, 9.17) is 16.3 Å². The van der Waals surface area contributed by atoms with Crippen molar-refractivity contribution in [2.45, 2.75) is 6.42 Å². The Hall–Kier alpha value is -1.74. The van der Waals surface area contributed by atoms with E-state index >= 15 is 0 Å². The quantitative estimate of drug-likeness (QED) is 0.888. The normalized spacial score (nSPS) is 10.3. The molecule has 2 rings (SSSR count). The largest absolute Gasteiger partial charge is 0.494 e. The van der Waals surface area contributed by atoms with Crippen LogP contribution in [0.3, 0.4) is 0 Å². The number of nitrogens with one attached hydrogen (secondary N) is 1. The molecule has 0 atom stereocenters. The van der Waals surface area contributed by atoms with Crippen LogP contribution in [0.1, 0.15) is 5.56 Å². The third-order valence-corrected chi connectivity index (χ3v) is 3.06. The molecule has 0 saturated heterocycles. The van der Waals surface area contributed by atoms with Gasteiger partial charge in [0.1, 0.15) is 0 Å². The summed E-state index contributed by atoms with van der Waals surface area (Å²) in [6, 6.07) is 12.5. The molecule has 0 saturated carbocycles. The van der Waals surface area contributed by atoms with Gasteiger partial charge < -0.3 is 10.1 Å². The molecule has 0 aliphatic rings. The van der Waals surface area contributed by atoms with Crippen LogP contribution in [0.15, 0.2) is 42.5 Å². The monoisotopic (exact) mass is 279 g/mol. The number of benzene rings is 2. The zero-order valence-electron chi connectivity index (χ0n) is 10.6. The number of methoxy groups -OCH3 is 1. The molecule has 0 aliphatic heterocycles. The number of ether oxygens (including phenoxy) is 1. The molecule has 100 valence electrons. The lowest BCUT2D eigenvalue weighted by Gasteiger charge is -2.08. The van der Waals surface area contributed by atoms with Gasteiger partial charge >= 0.3 is 0 Å². The molecule has 0 bridgehead atoms. The molecule has 0 spiro atoms. The number of halogens is 2. The predicted octanol–water partition coefficient (Wildman–Crippen LogP) is 4.14. The molecule has 0 unspecified atom stereocenters. The van der Waals surface area contributed by atoms with Crippen molar-refractivity contribution in [2.24, 2.45) is 0 Å². The van der Waals surface area contributed by atoms with E-state index in [1.165, 1.54) is 18.7 Å². The summed E-state index contributed by atoms with van der Waals surface area (Å²) in [6.45, 7) is 0.730. The molecule has 1 N–H and O–H groups in total. The van der Waals surface area contributed by atoms with Crippen molar-refractivity contribution >= 4 is 17.3 Å². The predicted molar refractivity (Wildman–Crippen MR) is 76.6 cm³/mol. The first kappa shape index (κ1) is 13.7. The first-order valence-electron chi connectivity index (χ1n) is 6.01. The summed E-state index contributed by atoms with van der Waals surface area (Å²) in [4.78, 5) is 0. The standard InChI is InChI=1S/C15H15ClFNO/c1-19-15-7-6-13(10-14(15)17)18-9-8-11-2-4-12(16)5-3-11/h2-7,10,18H,8-9H2,1H3. The average molecular weight is 280 g/mol. The first-order valence-corrected chi connectivity index (χ1v) is 6.38. The van der Waals surface area contributed by atoms with Crippen molar-refractivity contribution in [3.05, 3.63) is 58.9 Å². The highest BCUT2D eigenvalue weighted by Crippen LogP contribution is 2.20. The average Bonchev–Trinajstić information content (AvgIpc) is 2.41. The van der Waals surface area contributed by atoms with Crippen LogP contribution in [-0.2, 0) is 6.42 Å². The molecule has 0 aliphatic carbocycles. The zero-order chi connectivity index (χ0) is 13.7. The molecule has 2 aromatic carbocycles. The van der Waals surface area contributed by atoms with Gasteiger partial charge in [-0.2, -0.15) is 0 Å². The Bertz CT molecular complexity index is 542. The van der Waals surface area contributed by atoms with Crippen molar-refractivity contribution in [1.29, 1.82) is 0 Å². The van der Waals surface area contributed by atoms with Gasteiger partial charge in [0.05, 0.1) is 7.11 Å². The summed E-state index contributed by atoms with van der Waals surface area (Å²) >= 11 is 5.82. The minimum atomic E-state index is -0.362. The molecule has 2 aromatic rings. The van der Waals surface area contributed by atoms with Crippen molar-refractivity contribution in [3.8, 4) is 5.75 Å². The maximum Gasteiger partial charge on any atom is 0.167 e. The summed E-state index contributed by atoms with van der Waals surface area (Å²) in [7, 11) is 1.45. The number of hydrogen-bond acceptors (Lipinski definition) is 2. The van der Waals surface area contributed by atoms with Crippen LogP contribution in [0, 0.1) is 5.82 Å². The fourth-order valence-corrected chi connectivity index (χ4v) is 1.90. The van der Waals surface area contributed by atoms with Gasteiger partial charge in [0.2, 0.25) is 0 Å². The van der Waals surface area contributed by atoms with Crippen molar-refractivity contribution in [1.82, 2.24) is 0 Å². The van der Waals surface area contributed by atoms with Crippen LogP contribution < -0.4 is 10.1 Å². The van der Waals surface area contributed by atoms with Gasteiger partial charge in [-0.1, -0.05) is 23.7 Å². The molecule has 0 fully saturated rings. The van der Waals surface area contributed by atoms with Crippen LogP contribution in [0.5, 0.6) is 5.75 Å². The molecule has 4 heteroatoms. The summed E-state index contributed by atoms with van der Waals surface area (Å²) in [5, 5.41) is 3.90. The van der Waals surface area contributed by atoms with Crippen LogP contribution in [0.4, 0.5) is 10.1 Å². The van der Waals surface area contributed by atoms with E-state index in [1.807, 2.05) is 24.3 Å². The van der Waals surface area contributed by atoms with Gasteiger partial charge in [-0.25, -0.2) is 4.39 Å². The molecule has 19 heavy (non-hydrogen) atoms. The van der Waals surface area contributed by atoms with E-state index in [0.717, 1.165) is 23.7 Å². The van der Waals surface area contributed by atoms with E-state index in [0.29, 0.717) is 0 Å². The first-order chi connectivity index (χ1) is 9.19. The van der Waals surface area contributed by atoms with Crippen molar-refractivity contribution in [2.75, 3.05) is 19.0 Å². The lowest BCUT2D eigenvalue weighted by atomic mass is 10.1. The molecule has 0 radical (unpaired) electrons. The number of anilines is 1. The van der Waals surface area contributed by atoms with Gasteiger partial charge in [-0.3, -0.25) is 0 Å². The second-order valence-electron chi connectivity index (χ2n) is 4.15. The Morgan fingerprint density at radius 1 is 1.16 bits per heavy atom. The Kier molecular flexibility index (Phi) is 4.63. The minimum Gasteiger partial charge on any atom is -0.494 e. The summed E-state index contributed by atoms with van der Waals surface area (Å²) in [6.07, 6.45) is 0.852. The maximum atomic E-state index is 13.5. The molecular formula is C15H15ClFNO. The highest BCUT2D eigenvalue weighted by molar-refractivity contribution is 6.30. The number of rotatable bonds is 5. The molecular weight excluding hydrogens is 265 g/mol. The lowest BCUT2D eigenvalue weighted by Crippen LogP contribution is -2.05. The third-order valence-electron chi connectivity index (χ3n) is 2.81. The highest BCUT2D eigenvalue weighted by Gasteiger charge is 2.02. The van der Waals surface area contributed by atoms with Gasteiger partial charge in [0.25, 0.3) is 0 Å². The molecule has 2 nitrogen and oxygen atoms in total. The summed E-state index contributed by atoms with van der Waals surface area (Å²) < 4.78 is 18.3. The summed E-state index contributed by atoms with van der Waals surface area (Å²) in [5.41, 5.74) is 1.93. The van der Waals surface area contributed by atoms with E-state index < -0.39 is 0 Å². The second-order valence-corrected chi connectivity index (χ2v) is 4.59. The minimum absolute atomic E-state index is 0.253. The summed E-state index contributed by atoms with van der Waals surface area (Å²) in [5.74, 6) is -0.109. The number of hydrogen-bond donors (Lipinski definition) is 1. The fraction of sp³-hybridized carbons (Fsp3) is 0.200. The van der Waals surface area contributed by atoms with Gasteiger partial charge in [-0.05, 0) is 36.2 Å². The van der Waals surface area contributed by atoms with Crippen LogP contribution in [0.25, 0.3) is 0 Å². The highest BCUT2D eigenvalue weighted by atomic mass is 35.5. The van der Waals surface area contributed by atoms with Crippen LogP contribution in [0.2, 0.25) is 5.02 Å². The van der Waals surface area contributed by atoms with Gasteiger partial charge in [0, 0.05) is 23.3 Å². The lowest BCUT2D eigenvalue weighted by molar-refractivity contribution is 0.386. The van der Waals surface area contributed by atoms with E-state index in [9.17, 15) is 4.39 Å². The Morgan fingerprint density at radius 3 is 2.53 bits per heavy atom. The van der Waals surface area contributed by atoms with Gasteiger partial charge in [0.15, 0.2) is 11.6 Å². The van der Waals surface area contributed by atoms with Crippen LogP contribution >= 0.6 is 11.6 Å². The topological polar surface area (TPSA) is 21.3 Å². The Labute approximate surface area is 117 Å². The van der Waals surface area contributed by atoms with Crippen molar-refractivity contribution in [3.63, 3.8) is 0 Å². The van der Waals surface area contributed by atoms with Gasteiger partial charge in [-0.15, -0.1) is 0 Å². The SMILES string of the molecule is COc1ccc(NCCc2ccc(Cl)cc2)cc1F. The maximum absolute atomic E-state index is 13.5. The van der Waals surface area contributed by atoms with Crippen LogP contribution in [-0.4, -0.2) is 13.7 Å². The zero-order valence-corrected chi connectivity index (χ0v) is 11.4. The molecule has 0 amide bonds. The second kappa shape index (κ2) is 6.43. The molecule has 0 aromatic heterocycles. The Balaban J connectivity index is 1.88. The van der Waals surface area contributed by atoms with Crippen molar-refractivity contribution < 1.29 is 9.13 Å². The smallest absolute Gasteiger partial charge is 0.167 e. The van der Waals surface area contributed by atoms with E-state index in [2.05, 4.69) is 5.32 Å². The van der Waals surface area contributed by atoms with E-state index in [-0.39, 0.29) is 11.6 Å². The van der Waals surface area contributed by atoms with E-state index in [1.54, 1.807) is 12.1 Å². The molecule has 0 heterocycles. The third kappa shape index (κ3) is 3.86. The fourth-order valence-electron chi connectivity index (χ4n) is 1.78. The Morgan fingerprint density at radius 2 is 1.89 bits per heavy atom.